The van der Waals surface area contributed by atoms with Crippen molar-refractivity contribution in [3.05, 3.63) is 173 Å². The van der Waals surface area contributed by atoms with Crippen molar-refractivity contribution in [2.45, 2.75) is 50.6 Å². The molecule has 24 heteroatoms. The number of para-hydroxylation sites is 2. The van der Waals surface area contributed by atoms with E-state index in [1.807, 2.05) is 36.4 Å². The first-order valence-electron chi connectivity index (χ1n) is 21.9. The maximum absolute atomic E-state index is 14.3. The number of nitrogens with one attached hydrogen (secondary N) is 2. The summed E-state index contributed by atoms with van der Waals surface area (Å²) in [7, 11) is 0. The Balaban J connectivity index is 0.000000235. The fraction of sp³-hybridized carbons (Fsp3) is 0.200. The Bertz CT molecular complexity index is 3410. The number of benzene rings is 2. The molecule has 13 nitrogen and oxygen atoms in total. The van der Waals surface area contributed by atoms with Crippen LogP contribution in [0.2, 0.25) is 10.0 Å². The van der Waals surface area contributed by atoms with Gasteiger partial charge in [-0.15, -0.1) is 0 Å². The molecular formula is C50H43BrCl2F6LiN10NaO3. The zero-order valence-electron chi connectivity index (χ0n) is 40.9. The van der Waals surface area contributed by atoms with Crippen LogP contribution in [0.15, 0.2) is 139 Å². The SMILES string of the molecule is C1CCOC1.Clc1c(Br)cnc2c1cnn2-c1ccccc1.O=C(c1c[nH]c2ncccc12)C(F)(F)F.OC(c1cnc2c(cnn2-c2ccccc2)c1Cl)(c1c[nH]c2ncccc12)C(F)(F)F.[CH2-]CCC.[H-].[Li+].[Na+]. The third-order valence-electron chi connectivity index (χ3n) is 10.8. The number of pyridine rings is 4. The molecule has 1 unspecified atom stereocenters. The van der Waals surface area contributed by atoms with E-state index in [2.05, 4.69) is 69.9 Å². The fourth-order valence-electron chi connectivity index (χ4n) is 7.15. The van der Waals surface area contributed by atoms with Crippen LogP contribution in [0.25, 0.3) is 55.5 Å². The Kier molecular flexibility index (Phi) is 21.5. The molecule has 1 fully saturated rings. The molecule has 1 atom stereocenters. The summed E-state index contributed by atoms with van der Waals surface area (Å²) in [6.07, 6.45) is 5.54. The van der Waals surface area contributed by atoms with E-state index in [-0.39, 0.29) is 88.0 Å². The minimum Gasteiger partial charge on any atom is -1.00 e. The van der Waals surface area contributed by atoms with E-state index in [1.54, 1.807) is 41.3 Å². The van der Waals surface area contributed by atoms with Crippen molar-refractivity contribution in [2.24, 2.45) is 0 Å². The normalized spacial score (nSPS) is 12.9. The van der Waals surface area contributed by atoms with E-state index in [0.717, 1.165) is 59.4 Å². The topological polar surface area (TPSA) is 165 Å². The molecule has 0 saturated carbocycles. The number of rotatable bonds is 6. The quantitative estimate of drug-likeness (QED) is 0.0665. The van der Waals surface area contributed by atoms with Crippen LogP contribution in [0.1, 0.15) is 55.5 Å². The van der Waals surface area contributed by atoms with Crippen LogP contribution in [0, 0.1) is 6.92 Å². The number of H-pyrrole nitrogens is 2. The van der Waals surface area contributed by atoms with Gasteiger partial charge in [-0.25, -0.2) is 29.3 Å². The maximum atomic E-state index is 14.3. The Labute approximate surface area is 473 Å². The average Bonchev–Trinajstić information content (AvgIpc) is 4.26. The van der Waals surface area contributed by atoms with Gasteiger partial charge in [-0.3, -0.25) is 4.79 Å². The first kappa shape index (κ1) is 59.8. The van der Waals surface area contributed by atoms with E-state index < -0.39 is 40.4 Å². The number of aromatic nitrogens is 10. The minimum atomic E-state index is -5.09. The van der Waals surface area contributed by atoms with Gasteiger partial charge < -0.3 is 28.2 Å². The van der Waals surface area contributed by atoms with Crippen molar-refractivity contribution >= 4 is 89.0 Å². The number of fused-ring (bicyclic) bond motifs is 4. The molecule has 74 heavy (non-hydrogen) atoms. The van der Waals surface area contributed by atoms with Gasteiger partial charge in [0.1, 0.15) is 11.3 Å². The molecule has 1 aliphatic heterocycles. The van der Waals surface area contributed by atoms with Gasteiger partial charge in [-0.1, -0.05) is 72.9 Å². The molecule has 10 aromatic rings. The van der Waals surface area contributed by atoms with Gasteiger partial charge in [-0.05, 0) is 77.3 Å². The predicted octanol–water partition coefficient (Wildman–Crippen LogP) is 7.43. The molecule has 2 aromatic carbocycles. The summed E-state index contributed by atoms with van der Waals surface area (Å²) in [5.74, 6) is -1.86. The Morgan fingerprint density at radius 1 is 0.716 bits per heavy atom. The molecule has 9 heterocycles. The van der Waals surface area contributed by atoms with Crippen molar-refractivity contribution in [1.29, 1.82) is 0 Å². The largest absolute Gasteiger partial charge is 1.00 e. The van der Waals surface area contributed by atoms with Gasteiger partial charge in [0.05, 0.1) is 54.6 Å². The molecule has 8 aromatic heterocycles. The van der Waals surface area contributed by atoms with Crippen molar-refractivity contribution in [3.8, 4) is 11.4 Å². The van der Waals surface area contributed by atoms with Crippen LogP contribution in [0.4, 0.5) is 26.3 Å². The standard InChI is InChI=1S/C21H13ClF3N5O.C12H7BrClN3.C9H5F3N2O.C4H8O.C4H9.Li.Na.H/c22-17-14-9-29-30(12-5-2-1-3-6-12)19(14)28-11-16(17)20(31,21(23,24)25)15-10-27-18-13(15)7-4-8-26-18;13-10-7-15-12-9(11(10)14)6-16-17(12)8-4-2-1-3-5-8;10-9(11,12)7(15)6-4-14-8-5(6)2-1-3-13-8;1-2-4-5-3-1;1-3-4-2;;;/h1-11,31H,(H,26,27);1-7H;1-4H,(H,13,14);1-4H2;1,3-4H2,2H3;;;/q;;;;-1;2*+1;-1. The third-order valence-corrected chi connectivity index (χ3v) is 12.4. The number of nitrogens with zero attached hydrogens (tertiary/aromatic N) is 8. The van der Waals surface area contributed by atoms with Crippen molar-refractivity contribution in [2.75, 3.05) is 13.2 Å². The summed E-state index contributed by atoms with van der Waals surface area (Å²) in [5.41, 5.74) is -1.68. The molecule has 0 spiro atoms. The summed E-state index contributed by atoms with van der Waals surface area (Å²) in [6.45, 7) is 7.72. The van der Waals surface area contributed by atoms with Crippen LogP contribution in [0.5, 0.6) is 0 Å². The number of hydrogen-bond acceptors (Lipinski definition) is 9. The number of unbranched alkanes of at least 4 members (excludes halogenated alkanes) is 1. The molecule has 0 aliphatic carbocycles. The van der Waals surface area contributed by atoms with Crippen molar-refractivity contribution < 1.29 is 90.8 Å². The molecule has 1 aliphatic rings. The summed E-state index contributed by atoms with van der Waals surface area (Å²) in [4.78, 5) is 32.5. The second kappa shape index (κ2) is 26.6. The molecule has 11 rings (SSSR count). The van der Waals surface area contributed by atoms with Crippen LogP contribution >= 0.6 is 39.1 Å². The number of ether oxygens (including phenoxy) is 1. The van der Waals surface area contributed by atoms with Gasteiger partial charge in [-0.2, -0.15) is 43.0 Å². The average molecular weight is 1130 g/mol. The number of carbonyl (C=O) groups excluding carboxylic acids is 1. The summed E-state index contributed by atoms with van der Waals surface area (Å²) < 4.78 is 88.4. The van der Waals surface area contributed by atoms with Gasteiger partial charge in [0, 0.05) is 72.3 Å². The predicted molar refractivity (Wildman–Crippen MR) is 269 cm³/mol. The second-order valence-electron chi connectivity index (χ2n) is 15.6. The number of ketones is 1. The molecule has 3 N–H and O–H groups in total. The van der Waals surface area contributed by atoms with Gasteiger partial charge in [0.2, 0.25) is 5.60 Å². The molecular weight excluding hydrogens is 1080 g/mol. The summed E-state index contributed by atoms with van der Waals surface area (Å²) >= 11 is 16.0. The van der Waals surface area contributed by atoms with E-state index in [0.29, 0.717) is 10.7 Å². The Morgan fingerprint density at radius 2 is 1.20 bits per heavy atom. The maximum Gasteiger partial charge on any atom is 1.00 e. The molecule has 0 amide bonds. The number of hydrogen-bond donors (Lipinski definition) is 3. The summed E-state index contributed by atoms with van der Waals surface area (Å²) in [6, 6.07) is 24.6. The number of halogens is 9. The van der Waals surface area contributed by atoms with E-state index >= 15 is 0 Å². The number of aliphatic hydroxyl groups is 1. The first-order chi connectivity index (χ1) is 34.5. The zero-order valence-corrected chi connectivity index (χ0v) is 45.0. The Hall–Kier alpha value is -5.11. The monoisotopic (exact) mass is 1120 g/mol. The number of Topliss-reactive ketones (excluding diaryl/α,β-unsaturated/α-hetero) is 1. The third kappa shape index (κ3) is 13.3. The van der Waals surface area contributed by atoms with Crippen LogP contribution in [0.3, 0.4) is 0 Å². The number of aromatic amines is 2. The van der Waals surface area contributed by atoms with Crippen LogP contribution in [-0.4, -0.2) is 85.9 Å². The fourth-order valence-corrected chi connectivity index (χ4v) is 7.97. The van der Waals surface area contributed by atoms with Crippen LogP contribution < -0.4 is 48.4 Å². The molecule has 0 bridgehead atoms. The van der Waals surface area contributed by atoms with Gasteiger partial charge in [0.15, 0.2) is 11.3 Å². The van der Waals surface area contributed by atoms with E-state index in [9.17, 15) is 36.2 Å². The van der Waals surface area contributed by atoms with E-state index in [1.165, 1.54) is 66.8 Å². The van der Waals surface area contributed by atoms with E-state index in [4.69, 9.17) is 27.9 Å². The van der Waals surface area contributed by atoms with Crippen LogP contribution in [-0.2, 0) is 10.3 Å². The molecule has 376 valence electrons. The molecule has 0 radical (unpaired) electrons. The smallest absolute Gasteiger partial charge is 1.00 e. The van der Waals surface area contributed by atoms with Gasteiger partial charge in [0.25, 0.3) is 5.78 Å². The van der Waals surface area contributed by atoms with Gasteiger partial charge >= 0.3 is 60.8 Å². The zero-order chi connectivity index (χ0) is 51.6. The summed E-state index contributed by atoms with van der Waals surface area (Å²) in [5, 5.41) is 21.3. The second-order valence-corrected chi connectivity index (χ2v) is 17.2. The van der Waals surface area contributed by atoms with Crippen molar-refractivity contribution in [1.82, 2.24) is 49.5 Å². The van der Waals surface area contributed by atoms with Crippen molar-refractivity contribution in [3.63, 3.8) is 0 Å². The number of alkyl halides is 6. The number of carbonyl (C=O) groups is 1. The first-order valence-corrected chi connectivity index (χ1v) is 23.5. The Morgan fingerprint density at radius 3 is 1.69 bits per heavy atom. The molecule has 1 saturated heterocycles. The minimum absolute atomic E-state index is 0.